The van der Waals surface area contributed by atoms with Gasteiger partial charge in [0.2, 0.25) is 0 Å². The molecule has 0 fully saturated rings. The zero-order chi connectivity index (χ0) is 13.1. The molecule has 1 heterocycles. The van der Waals surface area contributed by atoms with Gasteiger partial charge in [0.25, 0.3) is 0 Å². The minimum atomic E-state index is -0.809. The molecule has 0 aliphatic rings. The zero-order valence-electron chi connectivity index (χ0n) is 9.90. The number of aliphatic carboxylic acids is 1. The number of hydrogen-bond donors (Lipinski definition) is 2. The number of halogens is 1. The van der Waals surface area contributed by atoms with E-state index in [0.29, 0.717) is 11.2 Å². The Morgan fingerprint density at radius 1 is 1.50 bits per heavy atom. The lowest BCUT2D eigenvalue weighted by atomic mass is 10.1. The molecule has 2 aromatic rings. The molecular weight excluding hydrogens is 296 g/mol. The normalized spacial score (nSPS) is 10.6. The first-order valence-corrected chi connectivity index (χ1v) is 6.39. The van der Waals surface area contributed by atoms with E-state index >= 15 is 0 Å². The van der Waals surface area contributed by atoms with Crippen molar-refractivity contribution < 1.29 is 9.90 Å². The van der Waals surface area contributed by atoms with E-state index in [0.717, 1.165) is 22.5 Å². The molecule has 2 N–H and O–H groups in total. The number of nitrogens with one attached hydrogen (secondary N) is 1. The van der Waals surface area contributed by atoms with Gasteiger partial charge in [-0.05, 0) is 28.9 Å². The molecule has 1 aromatic carbocycles. The number of benzene rings is 1. The first kappa shape index (κ1) is 12.8. The van der Waals surface area contributed by atoms with Gasteiger partial charge in [0.05, 0.1) is 12.1 Å². The Morgan fingerprint density at radius 3 is 2.94 bits per heavy atom. The predicted octanol–water partition coefficient (Wildman–Crippen LogP) is 3.16. The average Bonchev–Trinajstić information content (AvgIpc) is 2.68. The standard InChI is InChI=1S/C13H13BrN2O2/c1-8-3-2-4-9(7-8)12-10(5-6-11(17)18)15-13(14)16-12/h2-4,7H,5-6H2,1H3,(H,15,16)(H,17,18). The molecule has 0 aliphatic carbocycles. The summed E-state index contributed by atoms with van der Waals surface area (Å²) in [7, 11) is 0. The summed E-state index contributed by atoms with van der Waals surface area (Å²) >= 11 is 3.29. The van der Waals surface area contributed by atoms with Crippen LogP contribution in [0, 0.1) is 6.92 Å². The monoisotopic (exact) mass is 308 g/mol. The summed E-state index contributed by atoms with van der Waals surface area (Å²) in [5.41, 5.74) is 3.80. The van der Waals surface area contributed by atoms with E-state index in [9.17, 15) is 4.79 Å². The molecule has 0 spiro atoms. The SMILES string of the molecule is Cc1cccc(-c2nc(Br)[nH]c2CCC(=O)O)c1. The molecule has 94 valence electrons. The third-order valence-corrected chi connectivity index (χ3v) is 3.01. The molecule has 0 radical (unpaired) electrons. The fraction of sp³-hybridized carbons (Fsp3) is 0.231. The maximum Gasteiger partial charge on any atom is 0.303 e. The van der Waals surface area contributed by atoms with Gasteiger partial charge in [0.15, 0.2) is 4.73 Å². The van der Waals surface area contributed by atoms with Gasteiger partial charge in [-0.3, -0.25) is 4.79 Å². The number of carbonyl (C=O) groups is 1. The van der Waals surface area contributed by atoms with Crippen LogP contribution in [0.1, 0.15) is 17.7 Å². The van der Waals surface area contributed by atoms with Crippen molar-refractivity contribution in [3.8, 4) is 11.3 Å². The number of carboxylic acids is 1. The molecule has 4 nitrogen and oxygen atoms in total. The number of aromatic nitrogens is 2. The molecule has 0 unspecified atom stereocenters. The van der Waals surface area contributed by atoms with Crippen LogP contribution < -0.4 is 0 Å². The van der Waals surface area contributed by atoms with Crippen molar-refractivity contribution in [1.29, 1.82) is 0 Å². The summed E-state index contributed by atoms with van der Waals surface area (Å²) in [6.45, 7) is 2.02. The van der Waals surface area contributed by atoms with E-state index in [1.807, 2.05) is 31.2 Å². The van der Waals surface area contributed by atoms with E-state index in [4.69, 9.17) is 5.11 Å². The van der Waals surface area contributed by atoms with E-state index < -0.39 is 5.97 Å². The predicted molar refractivity (Wildman–Crippen MR) is 72.4 cm³/mol. The van der Waals surface area contributed by atoms with Crippen molar-refractivity contribution in [2.24, 2.45) is 0 Å². The van der Waals surface area contributed by atoms with Crippen LogP contribution in [-0.4, -0.2) is 21.0 Å². The Hall–Kier alpha value is -1.62. The lowest BCUT2D eigenvalue weighted by Gasteiger charge is -2.02. The van der Waals surface area contributed by atoms with Crippen molar-refractivity contribution in [1.82, 2.24) is 9.97 Å². The highest BCUT2D eigenvalue weighted by atomic mass is 79.9. The number of aromatic amines is 1. The van der Waals surface area contributed by atoms with Crippen LogP contribution in [0.15, 0.2) is 29.0 Å². The molecule has 1 aromatic heterocycles. The summed E-state index contributed by atoms with van der Waals surface area (Å²) in [4.78, 5) is 18.1. The third kappa shape index (κ3) is 2.98. The van der Waals surface area contributed by atoms with E-state index in [1.54, 1.807) is 0 Å². The second kappa shape index (κ2) is 5.35. The quantitative estimate of drug-likeness (QED) is 0.911. The molecule has 0 saturated heterocycles. The molecule has 0 amide bonds. The Morgan fingerprint density at radius 2 is 2.28 bits per heavy atom. The molecule has 18 heavy (non-hydrogen) atoms. The minimum absolute atomic E-state index is 0.0907. The fourth-order valence-electron chi connectivity index (χ4n) is 1.82. The van der Waals surface area contributed by atoms with Gasteiger partial charge in [-0.25, -0.2) is 4.98 Å². The second-order valence-electron chi connectivity index (χ2n) is 4.12. The average molecular weight is 309 g/mol. The first-order chi connectivity index (χ1) is 8.56. The number of nitrogens with zero attached hydrogens (tertiary/aromatic N) is 1. The smallest absolute Gasteiger partial charge is 0.303 e. The number of rotatable bonds is 4. The van der Waals surface area contributed by atoms with Gasteiger partial charge in [-0.2, -0.15) is 0 Å². The van der Waals surface area contributed by atoms with E-state index in [2.05, 4.69) is 25.9 Å². The van der Waals surface area contributed by atoms with Gasteiger partial charge < -0.3 is 10.1 Å². The Balaban J connectivity index is 2.35. The molecule has 5 heteroatoms. The Labute approximate surface area is 113 Å². The van der Waals surface area contributed by atoms with Crippen molar-refractivity contribution in [2.75, 3.05) is 0 Å². The molecule has 0 atom stereocenters. The molecule has 0 saturated carbocycles. The number of carboxylic acid groups (broad SMARTS) is 1. The largest absolute Gasteiger partial charge is 0.481 e. The first-order valence-electron chi connectivity index (χ1n) is 5.59. The second-order valence-corrected chi connectivity index (χ2v) is 4.87. The molecule has 0 aliphatic heterocycles. The zero-order valence-corrected chi connectivity index (χ0v) is 11.5. The lowest BCUT2D eigenvalue weighted by Crippen LogP contribution is -1.99. The van der Waals surface area contributed by atoms with Crippen LogP contribution in [-0.2, 0) is 11.2 Å². The van der Waals surface area contributed by atoms with Crippen LogP contribution in [0.25, 0.3) is 11.3 Å². The highest BCUT2D eigenvalue weighted by molar-refractivity contribution is 9.10. The number of aryl methyl sites for hydroxylation is 2. The summed E-state index contributed by atoms with van der Waals surface area (Å²) in [5, 5.41) is 8.74. The minimum Gasteiger partial charge on any atom is -0.481 e. The van der Waals surface area contributed by atoms with Crippen LogP contribution in [0.2, 0.25) is 0 Å². The van der Waals surface area contributed by atoms with Crippen LogP contribution >= 0.6 is 15.9 Å². The van der Waals surface area contributed by atoms with Crippen LogP contribution in [0.5, 0.6) is 0 Å². The van der Waals surface area contributed by atoms with Crippen molar-refractivity contribution >= 4 is 21.9 Å². The Bertz CT molecular complexity index is 578. The fourth-order valence-corrected chi connectivity index (χ4v) is 2.24. The van der Waals surface area contributed by atoms with Crippen molar-refractivity contribution in [2.45, 2.75) is 19.8 Å². The maximum atomic E-state index is 10.6. The van der Waals surface area contributed by atoms with Gasteiger partial charge >= 0.3 is 5.97 Å². The molecular formula is C13H13BrN2O2. The van der Waals surface area contributed by atoms with Gasteiger partial charge in [0.1, 0.15) is 0 Å². The topological polar surface area (TPSA) is 66.0 Å². The number of hydrogen-bond acceptors (Lipinski definition) is 2. The molecule has 0 bridgehead atoms. The van der Waals surface area contributed by atoms with Gasteiger partial charge in [0, 0.05) is 17.7 Å². The van der Waals surface area contributed by atoms with Crippen molar-refractivity contribution in [3.05, 3.63) is 40.3 Å². The highest BCUT2D eigenvalue weighted by Gasteiger charge is 2.12. The van der Waals surface area contributed by atoms with E-state index in [1.165, 1.54) is 0 Å². The van der Waals surface area contributed by atoms with Crippen molar-refractivity contribution in [3.63, 3.8) is 0 Å². The van der Waals surface area contributed by atoms with E-state index in [-0.39, 0.29) is 6.42 Å². The van der Waals surface area contributed by atoms with Gasteiger partial charge in [-0.1, -0.05) is 23.8 Å². The highest BCUT2D eigenvalue weighted by Crippen LogP contribution is 2.25. The number of imidazole rings is 1. The van der Waals surface area contributed by atoms with Crippen LogP contribution in [0.3, 0.4) is 0 Å². The summed E-state index contributed by atoms with van der Waals surface area (Å²) in [5.74, 6) is -0.809. The lowest BCUT2D eigenvalue weighted by molar-refractivity contribution is -0.136. The number of H-pyrrole nitrogens is 1. The summed E-state index contributed by atoms with van der Waals surface area (Å²) < 4.78 is 0.624. The third-order valence-electron chi connectivity index (χ3n) is 2.63. The van der Waals surface area contributed by atoms with Gasteiger partial charge in [-0.15, -0.1) is 0 Å². The summed E-state index contributed by atoms with van der Waals surface area (Å²) in [6, 6.07) is 7.99. The van der Waals surface area contributed by atoms with Crippen LogP contribution in [0.4, 0.5) is 0 Å². The summed E-state index contributed by atoms with van der Waals surface area (Å²) in [6.07, 6.45) is 0.532. The maximum absolute atomic E-state index is 10.6. The Kier molecular flexibility index (Phi) is 3.81. The molecule has 2 rings (SSSR count).